The molecule has 0 saturated carbocycles. The highest BCUT2D eigenvalue weighted by Gasteiger charge is 2.40. The van der Waals surface area contributed by atoms with E-state index in [1.54, 1.807) is 0 Å². The van der Waals surface area contributed by atoms with Crippen molar-refractivity contribution in [1.82, 2.24) is 0 Å². The highest BCUT2D eigenvalue weighted by Crippen LogP contribution is 2.48. The molecule has 0 aromatic heterocycles. The fourth-order valence-corrected chi connectivity index (χ4v) is 4.05. The van der Waals surface area contributed by atoms with Crippen LogP contribution in [0.1, 0.15) is 93.7 Å². The first kappa shape index (κ1) is 20.6. The van der Waals surface area contributed by atoms with Crippen molar-refractivity contribution in [2.75, 3.05) is 0 Å². The molecule has 1 aliphatic heterocycles. The first-order valence-corrected chi connectivity index (χ1v) is 10.5. The first-order valence-electron chi connectivity index (χ1n) is 10.5. The van der Waals surface area contributed by atoms with Crippen LogP contribution in [0.25, 0.3) is 0 Å². The molecule has 1 atom stereocenters. The first-order chi connectivity index (χ1) is 13.0. The van der Waals surface area contributed by atoms with Crippen LogP contribution < -0.4 is 4.74 Å². The number of fused-ring (bicyclic) bond motifs is 1. The molecule has 0 bridgehead atoms. The van der Waals surface area contributed by atoms with E-state index in [1.165, 1.54) is 16.7 Å². The molecule has 2 aromatic rings. The normalized spacial score (nSPS) is 16.9. The molecular formula is C26H34O2. The summed E-state index contributed by atoms with van der Waals surface area (Å²) in [6, 6.07) is 10.9. The minimum Gasteiger partial charge on any atom is -0.425 e. The molecule has 2 heteroatoms. The molecule has 2 aromatic carbocycles. The molecule has 150 valence electrons. The molecule has 0 fully saturated rings. The zero-order chi connectivity index (χ0) is 20.9. The minimum atomic E-state index is -0.340. The maximum atomic E-state index is 13.0. The van der Waals surface area contributed by atoms with Gasteiger partial charge in [0.25, 0.3) is 0 Å². The zero-order valence-electron chi connectivity index (χ0n) is 18.7. The Hall–Kier alpha value is -2.09. The summed E-state index contributed by atoms with van der Waals surface area (Å²) in [5, 5.41) is 0. The standard InChI is InChI=1S/C26H34O2/c1-9-25(5,6)19-14-20-22(18-12-16(3)11-17(4)13-18)24(27)28-23(20)21(15-19)26(7,8)10-2/h11-15,22H,9-10H2,1-8H3. The summed E-state index contributed by atoms with van der Waals surface area (Å²) in [7, 11) is 0. The van der Waals surface area contributed by atoms with Crippen molar-refractivity contribution in [3.63, 3.8) is 0 Å². The van der Waals surface area contributed by atoms with Crippen LogP contribution >= 0.6 is 0 Å². The SMILES string of the molecule is CCC(C)(C)c1cc2c(c(C(C)(C)CC)c1)OC(=O)C2c1cc(C)cc(C)c1. The Morgan fingerprint density at radius 1 is 0.857 bits per heavy atom. The lowest BCUT2D eigenvalue weighted by Gasteiger charge is -2.30. The van der Waals surface area contributed by atoms with Crippen LogP contribution in [-0.2, 0) is 15.6 Å². The van der Waals surface area contributed by atoms with Crippen molar-refractivity contribution in [1.29, 1.82) is 0 Å². The predicted octanol–water partition coefficient (Wildman–Crippen LogP) is 6.73. The number of ether oxygens (including phenoxy) is 1. The third-order valence-corrected chi connectivity index (χ3v) is 6.72. The van der Waals surface area contributed by atoms with Gasteiger partial charge in [-0.1, -0.05) is 83.0 Å². The molecule has 0 radical (unpaired) electrons. The molecule has 0 N–H and O–H groups in total. The van der Waals surface area contributed by atoms with Crippen molar-refractivity contribution >= 4 is 5.97 Å². The van der Waals surface area contributed by atoms with Crippen molar-refractivity contribution in [2.45, 2.75) is 85.0 Å². The van der Waals surface area contributed by atoms with E-state index in [1.807, 2.05) is 0 Å². The quantitative estimate of drug-likeness (QED) is 0.426. The lowest BCUT2D eigenvalue weighted by molar-refractivity contribution is -0.133. The monoisotopic (exact) mass is 378 g/mol. The van der Waals surface area contributed by atoms with Gasteiger partial charge in [0.15, 0.2) is 0 Å². The Morgan fingerprint density at radius 2 is 1.43 bits per heavy atom. The number of benzene rings is 2. The molecule has 0 saturated heterocycles. The van der Waals surface area contributed by atoms with E-state index >= 15 is 0 Å². The van der Waals surface area contributed by atoms with E-state index in [9.17, 15) is 4.79 Å². The van der Waals surface area contributed by atoms with Crippen molar-refractivity contribution in [2.24, 2.45) is 0 Å². The summed E-state index contributed by atoms with van der Waals surface area (Å²) in [5.74, 6) is 0.295. The Bertz CT molecular complexity index is 898. The second-order valence-corrected chi connectivity index (χ2v) is 9.69. The third kappa shape index (κ3) is 3.50. The van der Waals surface area contributed by atoms with Crippen LogP contribution in [0.2, 0.25) is 0 Å². The van der Waals surface area contributed by atoms with E-state index in [0.717, 1.165) is 35.3 Å². The van der Waals surface area contributed by atoms with Gasteiger partial charge in [0.05, 0.1) is 0 Å². The lowest BCUT2D eigenvalue weighted by Crippen LogP contribution is -2.21. The molecule has 1 heterocycles. The summed E-state index contributed by atoms with van der Waals surface area (Å²) < 4.78 is 5.94. The van der Waals surface area contributed by atoms with Gasteiger partial charge in [0, 0.05) is 11.1 Å². The van der Waals surface area contributed by atoms with Crippen LogP contribution in [0.5, 0.6) is 5.75 Å². The number of hydrogen-bond acceptors (Lipinski definition) is 2. The summed E-state index contributed by atoms with van der Waals surface area (Å²) in [6.07, 6.45) is 2.03. The summed E-state index contributed by atoms with van der Waals surface area (Å²) in [4.78, 5) is 13.0. The average Bonchev–Trinajstić information content (AvgIpc) is 2.95. The van der Waals surface area contributed by atoms with Crippen LogP contribution in [0.4, 0.5) is 0 Å². The van der Waals surface area contributed by atoms with Crippen molar-refractivity contribution < 1.29 is 9.53 Å². The maximum absolute atomic E-state index is 13.0. The van der Waals surface area contributed by atoms with E-state index in [0.29, 0.717) is 0 Å². The van der Waals surface area contributed by atoms with E-state index < -0.39 is 0 Å². The minimum absolute atomic E-state index is 0.0479. The fraction of sp³-hybridized carbons (Fsp3) is 0.500. The number of carbonyl (C=O) groups is 1. The van der Waals surface area contributed by atoms with E-state index in [2.05, 4.69) is 85.7 Å². The molecule has 0 spiro atoms. The molecule has 0 aliphatic carbocycles. The highest BCUT2D eigenvalue weighted by atomic mass is 16.5. The fourth-order valence-electron chi connectivity index (χ4n) is 4.05. The number of esters is 1. The second-order valence-electron chi connectivity index (χ2n) is 9.69. The van der Waals surface area contributed by atoms with Crippen LogP contribution in [0.15, 0.2) is 30.3 Å². The number of carbonyl (C=O) groups excluding carboxylic acids is 1. The summed E-state index contributed by atoms with van der Waals surface area (Å²) in [6.45, 7) is 17.6. The third-order valence-electron chi connectivity index (χ3n) is 6.72. The largest absolute Gasteiger partial charge is 0.425 e. The Labute approximate surface area is 170 Å². The van der Waals surface area contributed by atoms with Gasteiger partial charge in [-0.05, 0) is 48.6 Å². The Balaban J connectivity index is 2.29. The molecule has 28 heavy (non-hydrogen) atoms. The van der Waals surface area contributed by atoms with Gasteiger partial charge >= 0.3 is 5.97 Å². The van der Waals surface area contributed by atoms with Gasteiger partial charge in [-0.25, -0.2) is 0 Å². The molecule has 1 aliphatic rings. The molecule has 3 rings (SSSR count). The summed E-state index contributed by atoms with van der Waals surface area (Å²) >= 11 is 0. The summed E-state index contributed by atoms with van der Waals surface area (Å²) in [5.41, 5.74) is 6.86. The topological polar surface area (TPSA) is 26.3 Å². The van der Waals surface area contributed by atoms with Crippen molar-refractivity contribution in [3.8, 4) is 5.75 Å². The van der Waals surface area contributed by atoms with Gasteiger partial charge in [0.1, 0.15) is 11.7 Å². The van der Waals surface area contributed by atoms with Gasteiger partial charge in [-0.15, -0.1) is 0 Å². The Morgan fingerprint density at radius 3 is 1.96 bits per heavy atom. The molecule has 0 amide bonds. The van der Waals surface area contributed by atoms with Crippen LogP contribution in [0.3, 0.4) is 0 Å². The van der Waals surface area contributed by atoms with E-state index in [-0.39, 0.29) is 22.7 Å². The van der Waals surface area contributed by atoms with Crippen molar-refractivity contribution in [3.05, 3.63) is 63.7 Å². The predicted molar refractivity (Wildman–Crippen MR) is 116 cm³/mol. The zero-order valence-corrected chi connectivity index (χ0v) is 18.7. The van der Waals surface area contributed by atoms with Crippen LogP contribution in [0, 0.1) is 13.8 Å². The maximum Gasteiger partial charge on any atom is 0.323 e. The number of hydrogen-bond donors (Lipinski definition) is 0. The number of aryl methyl sites for hydroxylation is 2. The highest BCUT2D eigenvalue weighted by molar-refractivity contribution is 5.90. The molecule has 2 nitrogen and oxygen atoms in total. The molecule has 1 unspecified atom stereocenters. The van der Waals surface area contributed by atoms with E-state index in [4.69, 9.17) is 4.74 Å². The van der Waals surface area contributed by atoms with Gasteiger partial charge in [-0.2, -0.15) is 0 Å². The smallest absolute Gasteiger partial charge is 0.323 e. The van der Waals surface area contributed by atoms with Gasteiger partial charge in [0.2, 0.25) is 0 Å². The number of rotatable bonds is 5. The second kappa shape index (κ2) is 7.06. The average molecular weight is 379 g/mol. The van der Waals surface area contributed by atoms with Gasteiger partial charge < -0.3 is 4.74 Å². The van der Waals surface area contributed by atoms with Gasteiger partial charge in [-0.3, -0.25) is 4.79 Å². The molecular weight excluding hydrogens is 344 g/mol. The lowest BCUT2D eigenvalue weighted by atomic mass is 9.74. The van der Waals surface area contributed by atoms with Crippen LogP contribution in [-0.4, -0.2) is 5.97 Å². The Kier molecular flexibility index (Phi) is 5.20.